The monoisotopic (exact) mass is 319 g/mol. The Hall–Kier alpha value is -1.22. The molecule has 0 bridgehead atoms. The van der Waals surface area contributed by atoms with E-state index in [2.05, 4.69) is 4.72 Å². The van der Waals surface area contributed by atoms with Crippen LogP contribution in [0.25, 0.3) is 0 Å². The van der Waals surface area contributed by atoms with Gasteiger partial charge in [-0.15, -0.1) is 0 Å². The van der Waals surface area contributed by atoms with Gasteiger partial charge in [-0.1, -0.05) is 0 Å². The zero-order valence-electron chi connectivity index (χ0n) is 12.6. The Morgan fingerprint density at radius 1 is 1.43 bits per heavy atom. The van der Waals surface area contributed by atoms with Crippen LogP contribution in [0.5, 0.6) is 0 Å². The number of nitrogens with one attached hydrogen (secondary N) is 1. The first-order valence-electron chi connectivity index (χ1n) is 6.37. The molecule has 0 aliphatic carbocycles. The third-order valence-corrected chi connectivity index (χ3v) is 4.23. The summed E-state index contributed by atoms with van der Waals surface area (Å²) in [4.78, 5) is 1.21. The first kappa shape index (κ1) is 17.8. The van der Waals surface area contributed by atoms with Crippen molar-refractivity contribution in [3.05, 3.63) is 23.5 Å². The minimum absolute atomic E-state index is 0.149. The first-order valence-corrected chi connectivity index (χ1v) is 7.85. The highest BCUT2D eigenvalue weighted by molar-refractivity contribution is 7.89. The molecule has 120 valence electrons. The van der Waals surface area contributed by atoms with Crippen LogP contribution in [0.1, 0.15) is 12.5 Å². The SMILES string of the molecule is Cc1cc(N)cc(S(=O)(=O)NCC(C)(O)CN(C)C)c1F. The Morgan fingerprint density at radius 3 is 2.52 bits per heavy atom. The van der Waals surface area contributed by atoms with E-state index < -0.39 is 26.3 Å². The van der Waals surface area contributed by atoms with E-state index in [1.165, 1.54) is 19.9 Å². The maximum Gasteiger partial charge on any atom is 0.243 e. The number of halogens is 1. The summed E-state index contributed by atoms with van der Waals surface area (Å²) in [6.45, 7) is 2.96. The van der Waals surface area contributed by atoms with Gasteiger partial charge in [0.05, 0.1) is 5.60 Å². The lowest BCUT2D eigenvalue weighted by Gasteiger charge is -2.27. The average molecular weight is 319 g/mol. The van der Waals surface area contributed by atoms with Crippen molar-refractivity contribution in [2.24, 2.45) is 0 Å². The van der Waals surface area contributed by atoms with Gasteiger partial charge in [0.1, 0.15) is 10.7 Å². The van der Waals surface area contributed by atoms with Crippen molar-refractivity contribution in [3.8, 4) is 0 Å². The van der Waals surface area contributed by atoms with Crippen LogP contribution < -0.4 is 10.5 Å². The molecular weight excluding hydrogens is 297 g/mol. The molecule has 1 aromatic carbocycles. The summed E-state index contributed by atoms with van der Waals surface area (Å²) in [5.41, 5.74) is 4.59. The number of anilines is 1. The number of nitrogen functional groups attached to an aromatic ring is 1. The molecule has 1 atom stereocenters. The van der Waals surface area contributed by atoms with Crippen molar-refractivity contribution in [2.75, 3.05) is 32.9 Å². The van der Waals surface area contributed by atoms with Gasteiger partial charge in [0.15, 0.2) is 0 Å². The number of hydrogen-bond donors (Lipinski definition) is 3. The van der Waals surface area contributed by atoms with Gasteiger partial charge in [0, 0.05) is 18.8 Å². The fourth-order valence-electron chi connectivity index (χ4n) is 2.03. The Morgan fingerprint density at radius 2 is 2.00 bits per heavy atom. The van der Waals surface area contributed by atoms with Crippen molar-refractivity contribution in [2.45, 2.75) is 24.3 Å². The fourth-order valence-corrected chi connectivity index (χ4v) is 3.37. The number of aliphatic hydroxyl groups is 1. The van der Waals surface area contributed by atoms with Gasteiger partial charge >= 0.3 is 0 Å². The predicted octanol–water partition coefficient (Wildman–Crippen LogP) is 0.307. The summed E-state index contributed by atoms with van der Waals surface area (Å²) in [6, 6.07) is 2.42. The standard InChI is InChI=1S/C13H22FN3O3S/c1-9-5-10(15)6-11(12(9)14)21(19,20)16-7-13(2,18)8-17(3)4/h5-6,16,18H,7-8,15H2,1-4H3. The van der Waals surface area contributed by atoms with Gasteiger partial charge in [-0.25, -0.2) is 17.5 Å². The van der Waals surface area contributed by atoms with Crippen molar-refractivity contribution in [1.82, 2.24) is 9.62 Å². The second-order valence-electron chi connectivity index (χ2n) is 5.71. The number of hydrogen-bond acceptors (Lipinski definition) is 5. The van der Waals surface area contributed by atoms with E-state index in [9.17, 15) is 17.9 Å². The number of benzene rings is 1. The number of rotatable bonds is 6. The lowest BCUT2D eigenvalue weighted by Crippen LogP contribution is -2.47. The van der Waals surface area contributed by atoms with Crippen LogP contribution >= 0.6 is 0 Å². The van der Waals surface area contributed by atoms with Crippen LogP contribution in [0.3, 0.4) is 0 Å². The third-order valence-electron chi connectivity index (χ3n) is 2.83. The van der Waals surface area contributed by atoms with E-state index in [0.717, 1.165) is 6.07 Å². The highest BCUT2D eigenvalue weighted by Gasteiger charge is 2.27. The highest BCUT2D eigenvalue weighted by atomic mass is 32.2. The van der Waals surface area contributed by atoms with Gasteiger partial charge < -0.3 is 15.7 Å². The Labute approximate surface area is 124 Å². The van der Waals surface area contributed by atoms with Crippen LogP contribution in [0, 0.1) is 12.7 Å². The minimum atomic E-state index is -4.09. The van der Waals surface area contributed by atoms with Crippen LogP contribution in [-0.2, 0) is 10.0 Å². The van der Waals surface area contributed by atoms with Gasteiger partial charge in [0.25, 0.3) is 0 Å². The number of likely N-dealkylation sites (N-methyl/N-ethyl adjacent to an activating group) is 1. The van der Waals surface area contributed by atoms with Crippen molar-refractivity contribution >= 4 is 15.7 Å². The van der Waals surface area contributed by atoms with E-state index >= 15 is 0 Å². The van der Waals surface area contributed by atoms with Crippen LogP contribution in [0.15, 0.2) is 17.0 Å². The summed E-state index contributed by atoms with van der Waals surface area (Å²) < 4.78 is 40.5. The van der Waals surface area contributed by atoms with Gasteiger partial charge in [0.2, 0.25) is 10.0 Å². The summed E-state index contributed by atoms with van der Waals surface area (Å²) >= 11 is 0. The lowest BCUT2D eigenvalue weighted by molar-refractivity contribution is 0.0386. The van der Waals surface area contributed by atoms with E-state index in [-0.39, 0.29) is 24.3 Å². The molecule has 0 saturated carbocycles. The second kappa shape index (κ2) is 6.27. The molecule has 0 aliphatic rings. The first-order chi connectivity index (χ1) is 9.44. The second-order valence-corrected chi connectivity index (χ2v) is 7.44. The number of sulfonamides is 1. The normalized spacial score (nSPS) is 15.2. The van der Waals surface area contributed by atoms with Crippen LogP contribution in [-0.4, -0.2) is 51.2 Å². The predicted molar refractivity (Wildman–Crippen MR) is 79.9 cm³/mol. The fraction of sp³-hybridized carbons (Fsp3) is 0.538. The number of aryl methyl sites for hydroxylation is 1. The molecule has 0 heterocycles. The summed E-state index contributed by atoms with van der Waals surface area (Å²) in [7, 11) is -0.581. The zero-order valence-corrected chi connectivity index (χ0v) is 13.5. The molecule has 0 amide bonds. The quantitative estimate of drug-likeness (QED) is 0.656. The van der Waals surface area contributed by atoms with Crippen LogP contribution in [0.4, 0.5) is 10.1 Å². The number of nitrogens with zero attached hydrogens (tertiary/aromatic N) is 1. The van der Waals surface area contributed by atoms with Gasteiger partial charge in [-0.3, -0.25) is 0 Å². The molecule has 0 radical (unpaired) electrons. The molecule has 0 aromatic heterocycles. The molecule has 6 nitrogen and oxygen atoms in total. The average Bonchev–Trinajstić information content (AvgIpc) is 2.30. The minimum Gasteiger partial charge on any atom is -0.399 e. The van der Waals surface area contributed by atoms with Crippen LogP contribution in [0.2, 0.25) is 0 Å². The molecule has 1 rings (SSSR count). The van der Waals surface area contributed by atoms with E-state index in [4.69, 9.17) is 5.73 Å². The highest BCUT2D eigenvalue weighted by Crippen LogP contribution is 2.21. The molecule has 0 spiro atoms. The zero-order chi connectivity index (χ0) is 16.4. The summed E-state index contributed by atoms with van der Waals surface area (Å²) in [5, 5.41) is 10.1. The van der Waals surface area contributed by atoms with E-state index in [1.807, 2.05) is 0 Å². The molecule has 0 aliphatic heterocycles. The van der Waals surface area contributed by atoms with Gasteiger partial charge in [-0.05, 0) is 45.6 Å². The molecule has 1 unspecified atom stereocenters. The summed E-state index contributed by atoms with van der Waals surface area (Å²) in [6.07, 6.45) is 0. The van der Waals surface area contributed by atoms with E-state index in [0.29, 0.717) is 0 Å². The largest absolute Gasteiger partial charge is 0.399 e. The molecule has 8 heteroatoms. The van der Waals surface area contributed by atoms with Crippen molar-refractivity contribution in [1.29, 1.82) is 0 Å². The number of nitrogens with two attached hydrogens (primary N) is 1. The Kier molecular flexibility index (Phi) is 5.32. The summed E-state index contributed by atoms with van der Waals surface area (Å²) in [5.74, 6) is -0.844. The molecule has 1 aromatic rings. The lowest BCUT2D eigenvalue weighted by atomic mass is 10.1. The van der Waals surface area contributed by atoms with Crippen molar-refractivity contribution < 1.29 is 17.9 Å². The molecular formula is C13H22FN3O3S. The molecule has 0 fully saturated rings. The Bertz CT molecular complexity index is 615. The van der Waals surface area contributed by atoms with Gasteiger partial charge in [-0.2, -0.15) is 0 Å². The maximum atomic E-state index is 14.0. The van der Waals surface area contributed by atoms with Crippen molar-refractivity contribution in [3.63, 3.8) is 0 Å². The van der Waals surface area contributed by atoms with E-state index in [1.54, 1.807) is 19.0 Å². The molecule has 0 saturated heterocycles. The topological polar surface area (TPSA) is 95.7 Å². The molecule has 21 heavy (non-hydrogen) atoms. The third kappa shape index (κ3) is 4.92. The smallest absolute Gasteiger partial charge is 0.243 e. The Balaban J connectivity index is 2.98. The maximum absolute atomic E-state index is 14.0. The molecule has 4 N–H and O–H groups in total.